The van der Waals surface area contributed by atoms with Crippen molar-refractivity contribution < 1.29 is 19.5 Å². The molecule has 1 aliphatic heterocycles. The molecule has 124 valence electrons. The van der Waals surface area contributed by atoms with Crippen LogP contribution in [0.5, 0.6) is 5.75 Å². The zero-order valence-electron chi connectivity index (χ0n) is 12.8. The van der Waals surface area contributed by atoms with Crippen molar-refractivity contribution in [1.29, 1.82) is 0 Å². The van der Waals surface area contributed by atoms with Crippen molar-refractivity contribution in [3.8, 4) is 5.75 Å². The number of halogens is 1. The van der Waals surface area contributed by atoms with E-state index < -0.39 is 5.97 Å². The van der Waals surface area contributed by atoms with Crippen LogP contribution in [0.1, 0.15) is 28.4 Å². The summed E-state index contributed by atoms with van der Waals surface area (Å²) in [5.74, 6) is 0.376. The Hall–Kier alpha value is -2.13. The highest BCUT2D eigenvalue weighted by Gasteiger charge is 2.24. The zero-order valence-corrected chi connectivity index (χ0v) is 15.0. The minimum atomic E-state index is -1.00. The van der Waals surface area contributed by atoms with E-state index in [1.807, 2.05) is 30.3 Å². The van der Waals surface area contributed by atoms with Gasteiger partial charge in [-0.1, -0.05) is 12.1 Å². The quantitative estimate of drug-likeness (QED) is 0.712. The van der Waals surface area contributed by atoms with Crippen LogP contribution in [0.2, 0.25) is 0 Å². The van der Waals surface area contributed by atoms with Gasteiger partial charge >= 0.3 is 5.97 Å². The summed E-state index contributed by atoms with van der Waals surface area (Å²) in [6, 6.07) is 12.7. The standard InChI is InChI=1S/C17H15IN2O4/c1-23-12-5-2-10(3-6-12)15-9-16(20-24-15)19-14-7-4-11(18)8-13(14)17(21)22/h2-8,15H,9H2,1H3,(H,19,20)(H,21,22). The molecule has 2 N–H and O–H groups in total. The number of nitrogens with zero attached hydrogens (tertiary/aromatic N) is 1. The van der Waals surface area contributed by atoms with Crippen LogP contribution in [0, 0.1) is 3.57 Å². The average molecular weight is 438 g/mol. The molecule has 2 aromatic carbocycles. The summed E-state index contributed by atoms with van der Waals surface area (Å²) in [6.45, 7) is 0. The first kappa shape index (κ1) is 16.7. The first-order valence-electron chi connectivity index (χ1n) is 7.23. The SMILES string of the molecule is COc1ccc(C2CC(=Nc3ccc(I)cc3C(=O)O)NO2)cc1. The number of hydrogen-bond donors (Lipinski definition) is 2. The first-order chi connectivity index (χ1) is 11.6. The lowest BCUT2D eigenvalue weighted by Gasteiger charge is -2.07. The molecule has 6 nitrogen and oxygen atoms in total. The summed E-state index contributed by atoms with van der Waals surface area (Å²) in [5, 5.41) is 9.31. The number of hydroxylamine groups is 1. The van der Waals surface area contributed by atoms with E-state index in [1.54, 1.807) is 19.2 Å². The van der Waals surface area contributed by atoms with Crippen LogP contribution in [0.4, 0.5) is 5.69 Å². The predicted molar refractivity (Wildman–Crippen MR) is 97.8 cm³/mol. The van der Waals surface area contributed by atoms with Gasteiger partial charge in [-0.05, 0) is 58.5 Å². The Balaban J connectivity index is 1.80. The van der Waals surface area contributed by atoms with Gasteiger partial charge in [0, 0.05) is 9.99 Å². The maximum absolute atomic E-state index is 11.4. The molecule has 7 heteroatoms. The second-order valence-electron chi connectivity index (χ2n) is 5.21. The maximum Gasteiger partial charge on any atom is 0.337 e. The van der Waals surface area contributed by atoms with Crippen LogP contribution in [0.25, 0.3) is 0 Å². The molecule has 0 aliphatic carbocycles. The maximum atomic E-state index is 11.4. The van der Waals surface area contributed by atoms with Gasteiger partial charge in [0.1, 0.15) is 17.7 Å². The Morgan fingerprint density at radius 1 is 1.33 bits per heavy atom. The molecular formula is C17H15IN2O4. The van der Waals surface area contributed by atoms with Gasteiger partial charge in [-0.2, -0.15) is 0 Å². The number of benzene rings is 2. The number of aliphatic imine (C=N–C) groups is 1. The molecule has 1 aliphatic rings. The van der Waals surface area contributed by atoms with Crippen LogP contribution < -0.4 is 10.2 Å². The zero-order chi connectivity index (χ0) is 17.1. The number of carboxylic acids is 1. The van der Waals surface area contributed by atoms with Crippen LogP contribution in [0.15, 0.2) is 47.5 Å². The molecule has 1 heterocycles. The van der Waals surface area contributed by atoms with E-state index in [2.05, 4.69) is 33.1 Å². The van der Waals surface area contributed by atoms with Gasteiger partial charge in [-0.15, -0.1) is 0 Å². The van der Waals surface area contributed by atoms with Crippen LogP contribution >= 0.6 is 22.6 Å². The Kier molecular flexibility index (Phi) is 5.00. The molecule has 0 bridgehead atoms. The highest BCUT2D eigenvalue weighted by atomic mass is 127. The summed E-state index contributed by atoms with van der Waals surface area (Å²) in [4.78, 5) is 21.3. The second kappa shape index (κ2) is 7.18. The van der Waals surface area contributed by atoms with Gasteiger partial charge in [0.25, 0.3) is 0 Å². The van der Waals surface area contributed by atoms with Gasteiger partial charge in [-0.3, -0.25) is 10.3 Å². The largest absolute Gasteiger partial charge is 0.497 e. The summed E-state index contributed by atoms with van der Waals surface area (Å²) in [5.41, 5.74) is 4.36. The number of carboxylic acid groups (broad SMARTS) is 1. The van der Waals surface area contributed by atoms with E-state index in [0.717, 1.165) is 14.9 Å². The molecule has 1 unspecified atom stereocenters. The molecule has 0 aromatic heterocycles. The molecule has 2 aromatic rings. The molecule has 1 fully saturated rings. The minimum Gasteiger partial charge on any atom is -0.497 e. The lowest BCUT2D eigenvalue weighted by molar-refractivity contribution is 0.0448. The van der Waals surface area contributed by atoms with E-state index in [9.17, 15) is 9.90 Å². The summed E-state index contributed by atoms with van der Waals surface area (Å²) in [7, 11) is 1.62. The third-order valence-corrected chi connectivity index (χ3v) is 4.30. The van der Waals surface area contributed by atoms with Gasteiger partial charge in [0.15, 0.2) is 0 Å². The second-order valence-corrected chi connectivity index (χ2v) is 6.46. The van der Waals surface area contributed by atoms with Crippen molar-refractivity contribution in [2.75, 3.05) is 7.11 Å². The van der Waals surface area contributed by atoms with Gasteiger partial charge in [0.2, 0.25) is 0 Å². The Labute approximate surface area is 152 Å². The fourth-order valence-corrected chi connectivity index (χ4v) is 2.88. The number of rotatable bonds is 4. The van der Waals surface area contributed by atoms with Crippen molar-refractivity contribution in [3.63, 3.8) is 0 Å². The molecule has 1 atom stereocenters. The third kappa shape index (κ3) is 3.68. The molecule has 0 amide bonds. The van der Waals surface area contributed by atoms with E-state index >= 15 is 0 Å². The molecular weight excluding hydrogens is 423 g/mol. The van der Waals surface area contributed by atoms with E-state index in [4.69, 9.17) is 9.57 Å². The number of methoxy groups -OCH3 is 1. The average Bonchev–Trinajstić information content (AvgIpc) is 3.05. The lowest BCUT2D eigenvalue weighted by atomic mass is 10.1. The molecule has 0 spiro atoms. The normalized spacial score (nSPS) is 18.4. The van der Waals surface area contributed by atoms with Crippen LogP contribution in [0.3, 0.4) is 0 Å². The van der Waals surface area contributed by atoms with Crippen molar-refractivity contribution >= 4 is 40.1 Å². The summed E-state index contributed by atoms with van der Waals surface area (Å²) < 4.78 is 5.99. The molecule has 0 radical (unpaired) electrons. The van der Waals surface area contributed by atoms with E-state index in [0.29, 0.717) is 17.9 Å². The van der Waals surface area contributed by atoms with E-state index in [-0.39, 0.29) is 11.7 Å². The van der Waals surface area contributed by atoms with Crippen molar-refractivity contribution in [2.24, 2.45) is 4.99 Å². The van der Waals surface area contributed by atoms with Gasteiger partial charge in [0.05, 0.1) is 18.4 Å². The van der Waals surface area contributed by atoms with Crippen LogP contribution in [-0.2, 0) is 4.84 Å². The Morgan fingerprint density at radius 2 is 2.08 bits per heavy atom. The number of ether oxygens (including phenoxy) is 1. The molecule has 3 rings (SSSR count). The van der Waals surface area contributed by atoms with Gasteiger partial charge in [-0.25, -0.2) is 9.79 Å². The van der Waals surface area contributed by atoms with Crippen molar-refractivity contribution in [3.05, 3.63) is 57.2 Å². The summed E-state index contributed by atoms with van der Waals surface area (Å²) >= 11 is 2.07. The van der Waals surface area contributed by atoms with Crippen LogP contribution in [-0.4, -0.2) is 24.0 Å². The monoisotopic (exact) mass is 438 g/mol. The number of hydrogen-bond acceptors (Lipinski definition) is 4. The number of amidine groups is 1. The lowest BCUT2D eigenvalue weighted by Crippen LogP contribution is -2.12. The Morgan fingerprint density at radius 3 is 2.75 bits per heavy atom. The minimum absolute atomic E-state index is 0.170. The highest BCUT2D eigenvalue weighted by molar-refractivity contribution is 14.1. The smallest absolute Gasteiger partial charge is 0.337 e. The molecule has 24 heavy (non-hydrogen) atoms. The first-order valence-corrected chi connectivity index (χ1v) is 8.30. The topological polar surface area (TPSA) is 80.2 Å². The van der Waals surface area contributed by atoms with Crippen molar-refractivity contribution in [1.82, 2.24) is 5.48 Å². The molecule has 0 saturated carbocycles. The predicted octanol–water partition coefficient (Wildman–Crippen LogP) is 3.69. The molecule has 1 saturated heterocycles. The third-order valence-electron chi connectivity index (χ3n) is 3.63. The van der Waals surface area contributed by atoms with E-state index in [1.165, 1.54) is 0 Å². The Bertz CT molecular complexity index is 790. The summed E-state index contributed by atoms with van der Waals surface area (Å²) in [6.07, 6.45) is 0.365. The fraction of sp³-hybridized carbons (Fsp3) is 0.176. The number of aromatic carboxylic acids is 1. The highest BCUT2D eigenvalue weighted by Crippen LogP contribution is 2.29. The van der Waals surface area contributed by atoms with Gasteiger partial charge < -0.3 is 9.84 Å². The number of carbonyl (C=O) groups is 1. The van der Waals surface area contributed by atoms with Crippen molar-refractivity contribution in [2.45, 2.75) is 12.5 Å². The number of nitrogens with one attached hydrogen (secondary N) is 1. The fourth-order valence-electron chi connectivity index (χ4n) is 2.39.